The lowest BCUT2D eigenvalue weighted by molar-refractivity contribution is 0.102. The van der Waals surface area contributed by atoms with Crippen molar-refractivity contribution in [3.05, 3.63) is 87.7 Å². The number of aryl methyl sites for hydroxylation is 1. The van der Waals surface area contributed by atoms with Crippen molar-refractivity contribution in [2.24, 2.45) is 0 Å². The first-order valence-electron chi connectivity index (χ1n) is 10.9. The standard InChI is InChI=1S/C26H26FN3O3S/c1-16-13-20(18(3)29(16)17(2)14-33-4)24(31)15-34-26-28-22-11-7-5-9-19(22)25(32)30(26)23-12-8-6-10-21(23)27/h5-13,17H,14-15H2,1-4H3/t17-/m1/s1. The Bertz CT molecular complexity index is 1430. The molecule has 2 aromatic carbocycles. The minimum absolute atomic E-state index is 0.0577. The van der Waals surface area contributed by atoms with Crippen LogP contribution >= 0.6 is 11.8 Å². The summed E-state index contributed by atoms with van der Waals surface area (Å²) in [6.45, 7) is 6.46. The van der Waals surface area contributed by atoms with Crippen molar-refractivity contribution >= 4 is 28.4 Å². The quantitative estimate of drug-likeness (QED) is 0.199. The summed E-state index contributed by atoms with van der Waals surface area (Å²) in [6, 6.07) is 15.0. The summed E-state index contributed by atoms with van der Waals surface area (Å²) in [5, 5.41) is 0.654. The summed E-state index contributed by atoms with van der Waals surface area (Å²) in [5.74, 6) is -0.565. The predicted molar refractivity (Wildman–Crippen MR) is 133 cm³/mol. The van der Waals surface area contributed by atoms with Crippen molar-refractivity contribution in [2.45, 2.75) is 32.0 Å². The van der Waals surface area contributed by atoms with Crippen LogP contribution in [0.4, 0.5) is 4.39 Å². The number of carbonyl (C=O) groups is 1. The Morgan fingerprint density at radius 1 is 1.15 bits per heavy atom. The van der Waals surface area contributed by atoms with Gasteiger partial charge in [0.25, 0.3) is 5.56 Å². The molecule has 0 aliphatic rings. The number of fused-ring (bicyclic) bond motifs is 1. The van der Waals surface area contributed by atoms with Gasteiger partial charge < -0.3 is 9.30 Å². The number of nitrogens with zero attached hydrogens (tertiary/aromatic N) is 3. The average Bonchev–Trinajstić information content (AvgIpc) is 3.12. The van der Waals surface area contributed by atoms with Crippen molar-refractivity contribution < 1.29 is 13.9 Å². The number of benzene rings is 2. The molecule has 2 aromatic heterocycles. The van der Waals surface area contributed by atoms with Gasteiger partial charge in [0.05, 0.1) is 35.0 Å². The van der Waals surface area contributed by atoms with E-state index in [9.17, 15) is 14.0 Å². The van der Waals surface area contributed by atoms with Crippen LogP contribution in [0.2, 0.25) is 0 Å². The molecule has 0 spiro atoms. The highest BCUT2D eigenvalue weighted by Crippen LogP contribution is 2.26. The maximum atomic E-state index is 14.7. The zero-order valence-electron chi connectivity index (χ0n) is 19.5. The summed E-state index contributed by atoms with van der Waals surface area (Å²) in [5.41, 5.74) is 2.69. The maximum Gasteiger partial charge on any atom is 0.266 e. The third-order valence-electron chi connectivity index (χ3n) is 5.80. The SMILES string of the molecule is COC[C@@H](C)n1c(C)cc(C(=O)CSc2nc3ccccc3c(=O)n2-c2ccccc2F)c1C. The number of ether oxygens (including phenoxy) is 1. The molecule has 0 bridgehead atoms. The summed E-state index contributed by atoms with van der Waals surface area (Å²) in [4.78, 5) is 31.1. The van der Waals surface area contributed by atoms with Crippen molar-refractivity contribution in [1.29, 1.82) is 0 Å². The molecule has 0 radical (unpaired) electrons. The summed E-state index contributed by atoms with van der Waals surface area (Å²) in [6.07, 6.45) is 0. The lowest BCUT2D eigenvalue weighted by atomic mass is 10.2. The number of rotatable bonds is 8. The van der Waals surface area contributed by atoms with Gasteiger partial charge in [-0.1, -0.05) is 36.0 Å². The van der Waals surface area contributed by atoms with E-state index in [1.54, 1.807) is 43.5 Å². The molecule has 1 atom stereocenters. The fourth-order valence-electron chi connectivity index (χ4n) is 4.32. The van der Waals surface area contributed by atoms with E-state index in [2.05, 4.69) is 9.55 Å². The third kappa shape index (κ3) is 4.43. The number of ketones is 1. The van der Waals surface area contributed by atoms with E-state index >= 15 is 0 Å². The van der Waals surface area contributed by atoms with E-state index in [-0.39, 0.29) is 34.0 Å². The molecule has 0 saturated heterocycles. The van der Waals surface area contributed by atoms with Gasteiger partial charge in [-0.05, 0) is 51.1 Å². The van der Waals surface area contributed by atoms with Gasteiger partial charge >= 0.3 is 0 Å². The molecule has 0 unspecified atom stereocenters. The van der Waals surface area contributed by atoms with Gasteiger partial charge in [0.15, 0.2) is 10.9 Å². The maximum absolute atomic E-state index is 14.7. The Balaban J connectivity index is 1.72. The van der Waals surface area contributed by atoms with E-state index in [1.807, 2.05) is 26.8 Å². The first-order valence-corrected chi connectivity index (χ1v) is 11.9. The average molecular weight is 480 g/mol. The van der Waals surface area contributed by atoms with Crippen molar-refractivity contribution in [3.8, 4) is 5.69 Å². The van der Waals surface area contributed by atoms with Crippen LogP contribution in [0.1, 0.15) is 34.7 Å². The van der Waals surface area contributed by atoms with Gasteiger partial charge in [0.2, 0.25) is 0 Å². The first kappa shape index (κ1) is 23.9. The molecule has 0 fully saturated rings. The Morgan fingerprint density at radius 2 is 1.85 bits per heavy atom. The number of aromatic nitrogens is 3. The zero-order chi connectivity index (χ0) is 24.4. The van der Waals surface area contributed by atoms with Crippen molar-refractivity contribution in [3.63, 3.8) is 0 Å². The van der Waals surface area contributed by atoms with Crippen LogP contribution in [-0.2, 0) is 4.74 Å². The van der Waals surface area contributed by atoms with Crippen LogP contribution in [0.15, 0.2) is 64.5 Å². The Kier molecular flexibility index (Phi) is 7.00. The minimum atomic E-state index is -0.537. The number of carbonyl (C=O) groups excluding carboxylic acids is 1. The van der Waals surface area contributed by atoms with E-state index in [0.717, 1.165) is 23.1 Å². The van der Waals surface area contributed by atoms with Crippen LogP contribution in [-0.4, -0.2) is 39.4 Å². The van der Waals surface area contributed by atoms with Gasteiger partial charge in [0.1, 0.15) is 5.82 Å². The van der Waals surface area contributed by atoms with Gasteiger partial charge in [-0.25, -0.2) is 9.37 Å². The lowest BCUT2D eigenvalue weighted by Gasteiger charge is -2.17. The molecule has 4 rings (SSSR count). The van der Waals surface area contributed by atoms with Gasteiger partial charge in [-0.2, -0.15) is 0 Å². The molecular weight excluding hydrogens is 453 g/mol. The fourth-order valence-corrected chi connectivity index (χ4v) is 5.20. The van der Waals surface area contributed by atoms with Crippen molar-refractivity contribution in [1.82, 2.24) is 14.1 Å². The van der Waals surface area contributed by atoms with Crippen LogP contribution < -0.4 is 5.56 Å². The second-order valence-corrected chi connectivity index (χ2v) is 9.12. The molecule has 34 heavy (non-hydrogen) atoms. The number of Topliss-reactive ketones (excluding diaryl/α,β-unsaturated/α-hetero) is 1. The Morgan fingerprint density at radius 3 is 2.59 bits per heavy atom. The predicted octanol–water partition coefficient (Wildman–Crippen LogP) is 5.13. The largest absolute Gasteiger partial charge is 0.383 e. The minimum Gasteiger partial charge on any atom is -0.383 e. The monoisotopic (exact) mass is 479 g/mol. The second kappa shape index (κ2) is 9.95. The van der Waals surface area contributed by atoms with Crippen LogP contribution in [0.3, 0.4) is 0 Å². The normalized spacial score (nSPS) is 12.3. The molecule has 6 nitrogen and oxygen atoms in total. The lowest BCUT2D eigenvalue weighted by Crippen LogP contribution is -2.23. The number of hydrogen-bond acceptors (Lipinski definition) is 5. The molecule has 0 N–H and O–H groups in total. The topological polar surface area (TPSA) is 66.1 Å². The Labute approximate surface area is 201 Å². The first-order chi connectivity index (χ1) is 16.3. The number of hydrogen-bond donors (Lipinski definition) is 0. The van der Waals surface area contributed by atoms with Gasteiger partial charge in [-0.15, -0.1) is 0 Å². The Hall–Kier alpha value is -3.23. The third-order valence-corrected chi connectivity index (χ3v) is 6.74. The number of halogens is 1. The second-order valence-electron chi connectivity index (χ2n) is 8.17. The van der Waals surface area contributed by atoms with Crippen LogP contribution in [0.5, 0.6) is 0 Å². The zero-order valence-corrected chi connectivity index (χ0v) is 20.4. The molecule has 0 amide bonds. The number of methoxy groups -OCH3 is 1. The molecule has 0 saturated carbocycles. The fraction of sp³-hybridized carbons (Fsp3) is 0.269. The number of para-hydroxylation sites is 2. The molecule has 2 heterocycles. The highest BCUT2D eigenvalue weighted by Gasteiger charge is 2.21. The van der Waals surface area contributed by atoms with E-state index < -0.39 is 5.82 Å². The van der Waals surface area contributed by atoms with E-state index in [0.29, 0.717) is 23.1 Å². The molecule has 4 aromatic rings. The summed E-state index contributed by atoms with van der Waals surface area (Å²) >= 11 is 1.13. The van der Waals surface area contributed by atoms with E-state index in [1.165, 1.54) is 16.7 Å². The summed E-state index contributed by atoms with van der Waals surface area (Å²) < 4.78 is 23.3. The van der Waals surface area contributed by atoms with Crippen molar-refractivity contribution in [2.75, 3.05) is 19.5 Å². The molecule has 8 heteroatoms. The number of thioether (sulfide) groups is 1. The molecular formula is C26H26FN3O3S. The highest BCUT2D eigenvalue weighted by molar-refractivity contribution is 7.99. The molecule has 176 valence electrons. The van der Waals surface area contributed by atoms with E-state index in [4.69, 9.17) is 4.74 Å². The van der Waals surface area contributed by atoms with Gasteiger partial charge in [-0.3, -0.25) is 14.2 Å². The summed E-state index contributed by atoms with van der Waals surface area (Å²) in [7, 11) is 1.65. The van der Waals surface area contributed by atoms with Gasteiger partial charge in [0, 0.05) is 24.1 Å². The smallest absolute Gasteiger partial charge is 0.266 e. The highest BCUT2D eigenvalue weighted by atomic mass is 32.2. The van der Waals surface area contributed by atoms with Crippen LogP contribution in [0.25, 0.3) is 16.6 Å². The molecule has 0 aliphatic heterocycles. The molecule has 0 aliphatic carbocycles. The van der Waals surface area contributed by atoms with Crippen LogP contribution in [0, 0.1) is 19.7 Å².